The second kappa shape index (κ2) is 7.70. The monoisotopic (exact) mass is 272 g/mol. The van der Waals surface area contributed by atoms with Crippen molar-refractivity contribution in [3.63, 3.8) is 0 Å². The number of alkyl carbamates (subject to hydrolysis) is 1. The zero-order chi connectivity index (χ0) is 14.3. The van der Waals surface area contributed by atoms with Gasteiger partial charge in [0.15, 0.2) is 0 Å². The predicted octanol–water partition coefficient (Wildman–Crippen LogP) is 2.06. The standard InChI is InChI=1S/C14H28N2O3/c1-11-9-15-10-12(18-11)7-5-6-8-16-13(17)19-14(2,3)4/h11-12,15H,5-10H2,1-4H3,(H,16,17)/t11-,12+/m1/s1. The summed E-state index contributed by atoms with van der Waals surface area (Å²) in [5.74, 6) is 0. The maximum atomic E-state index is 11.4. The van der Waals surface area contributed by atoms with E-state index in [-0.39, 0.29) is 6.09 Å². The highest BCUT2D eigenvalue weighted by Gasteiger charge is 2.18. The van der Waals surface area contributed by atoms with Crippen LogP contribution < -0.4 is 10.6 Å². The van der Waals surface area contributed by atoms with Gasteiger partial charge in [-0.15, -0.1) is 0 Å². The van der Waals surface area contributed by atoms with Crippen LogP contribution in [0.1, 0.15) is 47.0 Å². The molecule has 0 bridgehead atoms. The van der Waals surface area contributed by atoms with Crippen molar-refractivity contribution in [3.05, 3.63) is 0 Å². The van der Waals surface area contributed by atoms with Gasteiger partial charge in [0.2, 0.25) is 0 Å². The minimum atomic E-state index is -0.429. The molecular formula is C14H28N2O3. The molecule has 2 atom stereocenters. The van der Waals surface area contributed by atoms with Crippen molar-refractivity contribution in [2.24, 2.45) is 0 Å². The maximum absolute atomic E-state index is 11.4. The van der Waals surface area contributed by atoms with E-state index in [2.05, 4.69) is 17.6 Å². The van der Waals surface area contributed by atoms with E-state index in [1.165, 1.54) is 0 Å². The molecule has 0 spiro atoms. The van der Waals surface area contributed by atoms with Crippen LogP contribution in [0.4, 0.5) is 4.79 Å². The van der Waals surface area contributed by atoms with E-state index in [4.69, 9.17) is 9.47 Å². The number of morpholine rings is 1. The van der Waals surface area contributed by atoms with Gasteiger partial charge in [0.05, 0.1) is 12.2 Å². The Bertz CT molecular complexity index is 276. The molecule has 0 unspecified atom stereocenters. The molecule has 1 amide bonds. The highest BCUT2D eigenvalue weighted by Crippen LogP contribution is 2.10. The van der Waals surface area contributed by atoms with Crippen LogP contribution in [0.25, 0.3) is 0 Å². The molecule has 0 aromatic carbocycles. The van der Waals surface area contributed by atoms with Crippen molar-refractivity contribution >= 4 is 6.09 Å². The number of ether oxygens (including phenoxy) is 2. The van der Waals surface area contributed by atoms with E-state index in [0.29, 0.717) is 18.8 Å². The molecule has 5 heteroatoms. The molecule has 2 N–H and O–H groups in total. The third-order valence-corrected chi connectivity index (χ3v) is 2.85. The molecular weight excluding hydrogens is 244 g/mol. The number of unbranched alkanes of at least 4 members (excludes halogenated alkanes) is 1. The molecule has 0 saturated carbocycles. The number of nitrogens with one attached hydrogen (secondary N) is 2. The van der Waals surface area contributed by atoms with Crippen LogP contribution in [0.2, 0.25) is 0 Å². The summed E-state index contributed by atoms with van der Waals surface area (Å²) in [4.78, 5) is 11.4. The van der Waals surface area contributed by atoms with Gasteiger partial charge in [-0.05, 0) is 47.0 Å². The smallest absolute Gasteiger partial charge is 0.407 e. The van der Waals surface area contributed by atoms with E-state index >= 15 is 0 Å². The lowest BCUT2D eigenvalue weighted by atomic mass is 10.1. The van der Waals surface area contributed by atoms with Crippen molar-refractivity contribution < 1.29 is 14.3 Å². The molecule has 19 heavy (non-hydrogen) atoms. The molecule has 1 rings (SSSR count). The summed E-state index contributed by atoms with van der Waals surface area (Å²) in [6.45, 7) is 10.2. The summed E-state index contributed by atoms with van der Waals surface area (Å²) in [7, 11) is 0. The zero-order valence-electron chi connectivity index (χ0n) is 12.6. The first-order valence-electron chi connectivity index (χ1n) is 7.20. The fraction of sp³-hybridized carbons (Fsp3) is 0.929. The predicted molar refractivity (Wildman–Crippen MR) is 75.3 cm³/mol. The number of hydrogen-bond acceptors (Lipinski definition) is 4. The van der Waals surface area contributed by atoms with E-state index in [0.717, 1.165) is 32.4 Å². The average Bonchev–Trinajstić information content (AvgIpc) is 2.26. The minimum absolute atomic E-state index is 0.304. The van der Waals surface area contributed by atoms with Crippen LogP contribution in [0.3, 0.4) is 0 Å². The SMILES string of the molecule is C[C@@H]1CNC[C@H](CCCCNC(=O)OC(C)(C)C)O1. The number of hydrogen-bond donors (Lipinski definition) is 2. The van der Waals surface area contributed by atoms with Crippen LogP contribution in [-0.4, -0.2) is 43.5 Å². The summed E-state index contributed by atoms with van der Waals surface area (Å²) < 4.78 is 11.0. The summed E-state index contributed by atoms with van der Waals surface area (Å²) in [5, 5.41) is 6.12. The first kappa shape index (κ1) is 16.2. The third kappa shape index (κ3) is 8.06. The van der Waals surface area contributed by atoms with Gasteiger partial charge in [0.1, 0.15) is 5.60 Å². The second-order valence-corrected chi connectivity index (χ2v) is 6.15. The van der Waals surface area contributed by atoms with Crippen molar-refractivity contribution in [3.8, 4) is 0 Å². The van der Waals surface area contributed by atoms with Gasteiger partial charge < -0.3 is 20.1 Å². The van der Waals surface area contributed by atoms with Crippen LogP contribution in [0.5, 0.6) is 0 Å². The molecule has 0 radical (unpaired) electrons. The van der Waals surface area contributed by atoms with Gasteiger partial charge in [-0.25, -0.2) is 4.79 Å². The highest BCUT2D eigenvalue weighted by molar-refractivity contribution is 5.67. The fourth-order valence-corrected chi connectivity index (χ4v) is 2.04. The van der Waals surface area contributed by atoms with Crippen molar-refractivity contribution in [1.82, 2.24) is 10.6 Å². The second-order valence-electron chi connectivity index (χ2n) is 6.15. The summed E-state index contributed by atoms with van der Waals surface area (Å²) in [6, 6.07) is 0. The van der Waals surface area contributed by atoms with E-state index < -0.39 is 5.60 Å². The molecule has 1 heterocycles. The Kier molecular flexibility index (Phi) is 6.58. The van der Waals surface area contributed by atoms with Crippen LogP contribution in [0.15, 0.2) is 0 Å². The number of carbonyl (C=O) groups is 1. The Hall–Kier alpha value is -0.810. The number of carbonyl (C=O) groups excluding carboxylic acids is 1. The van der Waals surface area contributed by atoms with Gasteiger partial charge in [-0.1, -0.05) is 0 Å². The molecule has 112 valence electrons. The Morgan fingerprint density at radius 1 is 1.37 bits per heavy atom. The lowest BCUT2D eigenvalue weighted by Gasteiger charge is -2.28. The summed E-state index contributed by atoms with van der Waals surface area (Å²) in [5.41, 5.74) is -0.429. The Balaban J connectivity index is 2.00. The van der Waals surface area contributed by atoms with E-state index in [1.807, 2.05) is 20.8 Å². The van der Waals surface area contributed by atoms with Crippen LogP contribution in [-0.2, 0) is 9.47 Å². The Morgan fingerprint density at radius 3 is 2.74 bits per heavy atom. The summed E-state index contributed by atoms with van der Waals surface area (Å²) in [6.07, 6.45) is 3.32. The van der Waals surface area contributed by atoms with Crippen LogP contribution in [0, 0.1) is 0 Å². The largest absolute Gasteiger partial charge is 0.444 e. The quantitative estimate of drug-likeness (QED) is 0.752. The topological polar surface area (TPSA) is 59.6 Å². The van der Waals surface area contributed by atoms with Gasteiger partial charge in [0, 0.05) is 19.6 Å². The lowest BCUT2D eigenvalue weighted by Crippen LogP contribution is -2.43. The first-order valence-corrected chi connectivity index (χ1v) is 7.20. The molecule has 1 fully saturated rings. The molecule has 0 aromatic heterocycles. The lowest BCUT2D eigenvalue weighted by molar-refractivity contribution is -0.0317. The number of rotatable bonds is 5. The maximum Gasteiger partial charge on any atom is 0.407 e. The van der Waals surface area contributed by atoms with Gasteiger partial charge in [0.25, 0.3) is 0 Å². The van der Waals surface area contributed by atoms with Crippen LogP contribution >= 0.6 is 0 Å². The van der Waals surface area contributed by atoms with Gasteiger partial charge >= 0.3 is 6.09 Å². The van der Waals surface area contributed by atoms with Gasteiger partial charge in [-0.2, -0.15) is 0 Å². The Morgan fingerprint density at radius 2 is 2.11 bits per heavy atom. The van der Waals surface area contributed by atoms with Crippen molar-refractivity contribution in [1.29, 1.82) is 0 Å². The van der Waals surface area contributed by atoms with E-state index in [9.17, 15) is 4.79 Å². The van der Waals surface area contributed by atoms with Crippen molar-refractivity contribution in [2.45, 2.75) is 64.8 Å². The molecule has 0 aromatic rings. The number of amides is 1. The molecule has 0 aliphatic carbocycles. The normalized spacial score (nSPS) is 24.0. The van der Waals surface area contributed by atoms with Gasteiger partial charge in [-0.3, -0.25) is 0 Å². The molecule has 1 saturated heterocycles. The fourth-order valence-electron chi connectivity index (χ4n) is 2.04. The zero-order valence-corrected chi connectivity index (χ0v) is 12.6. The molecule has 5 nitrogen and oxygen atoms in total. The molecule has 1 aliphatic heterocycles. The molecule has 1 aliphatic rings. The average molecular weight is 272 g/mol. The highest BCUT2D eigenvalue weighted by atomic mass is 16.6. The third-order valence-electron chi connectivity index (χ3n) is 2.85. The van der Waals surface area contributed by atoms with Crippen molar-refractivity contribution in [2.75, 3.05) is 19.6 Å². The Labute approximate surface area is 116 Å². The minimum Gasteiger partial charge on any atom is -0.444 e. The summed E-state index contributed by atoms with van der Waals surface area (Å²) >= 11 is 0. The first-order chi connectivity index (χ1) is 8.87. The van der Waals surface area contributed by atoms with E-state index in [1.54, 1.807) is 0 Å².